The maximum atomic E-state index is 15.7. The summed E-state index contributed by atoms with van der Waals surface area (Å²) in [5.41, 5.74) is 0.643. The van der Waals surface area contributed by atoms with Gasteiger partial charge in [-0.15, -0.1) is 0 Å². The summed E-state index contributed by atoms with van der Waals surface area (Å²) in [7, 11) is 0. The quantitative estimate of drug-likeness (QED) is 0.0481. The summed E-state index contributed by atoms with van der Waals surface area (Å²) in [4.78, 5) is 46.2. The number of hydrogen-bond donors (Lipinski definition) is 3. The van der Waals surface area contributed by atoms with Crippen LogP contribution >= 0.6 is 0 Å². The van der Waals surface area contributed by atoms with E-state index in [2.05, 4.69) is 24.8 Å². The third kappa shape index (κ3) is 7.64. The van der Waals surface area contributed by atoms with Gasteiger partial charge in [0.25, 0.3) is 0 Å². The molecule has 0 radical (unpaired) electrons. The van der Waals surface area contributed by atoms with E-state index in [-0.39, 0.29) is 42.4 Å². The van der Waals surface area contributed by atoms with Crippen molar-refractivity contribution in [1.29, 1.82) is 0 Å². The van der Waals surface area contributed by atoms with E-state index in [1.54, 1.807) is 0 Å². The summed E-state index contributed by atoms with van der Waals surface area (Å²) in [6.45, 7) is 24.2. The van der Waals surface area contributed by atoms with E-state index < -0.39 is 50.6 Å². The number of benzene rings is 1. The monoisotopic (exact) mass is 670 g/mol. The summed E-state index contributed by atoms with van der Waals surface area (Å²) in [5.74, 6) is -3.59. The zero-order valence-electron chi connectivity index (χ0n) is 31.4. The topological polar surface area (TPSA) is 112 Å². The smallest absolute Gasteiger partial charge is 0.184 e. The molecule has 1 aromatic rings. The van der Waals surface area contributed by atoms with Crippen LogP contribution in [0.3, 0.4) is 0 Å². The van der Waals surface area contributed by atoms with E-state index >= 15 is 14.4 Å². The molecular weight excluding hydrogens is 612 g/mol. The average Bonchev–Trinajstić information content (AvgIpc) is 3.00. The number of allylic oxidation sites excluding steroid dienone is 10. The number of aliphatic hydroxyl groups excluding tert-OH is 1. The van der Waals surface area contributed by atoms with Crippen LogP contribution in [-0.2, 0) is 14.4 Å². The van der Waals surface area contributed by atoms with Gasteiger partial charge in [0.15, 0.2) is 28.8 Å². The van der Waals surface area contributed by atoms with Gasteiger partial charge in [-0.25, -0.2) is 0 Å². The molecule has 49 heavy (non-hydrogen) atoms. The standard InChI is InChI=1S/C43H58O6/c1-26(2)13-12-21-41(11)33(18-15-28(5)6)25-42(24-32(30(9)10)16-14-27(3)4)38(47)36(37(46)31-17-19-34(44)35(45)23-31)39(48)43(41,40(42)49)22-20-29(7)8/h13-15,17,19-20,23,32-33,44-46H,9,12,16,18,21-22,24-25H2,1-8,10-11H3/b37-36-/t32?,33-,41+,42-,43+/m0/s1. The number of carbonyl (C=O) groups excluding carboxylic acids is 3. The maximum Gasteiger partial charge on any atom is 0.184 e. The summed E-state index contributed by atoms with van der Waals surface area (Å²) in [5, 5.41) is 32.2. The maximum absolute atomic E-state index is 15.7. The van der Waals surface area contributed by atoms with Crippen molar-refractivity contribution in [3.8, 4) is 11.5 Å². The van der Waals surface area contributed by atoms with Crippen molar-refractivity contribution in [3.63, 3.8) is 0 Å². The molecule has 0 amide bonds. The number of hydrogen-bond acceptors (Lipinski definition) is 6. The Morgan fingerprint density at radius 1 is 0.857 bits per heavy atom. The Morgan fingerprint density at radius 2 is 1.45 bits per heavy atom. The highest BCUT2D eigenvalue weighted by atomic mass is 16.3. The highest BCUT2D eigenvalue weighted by Gasteiger charge is 2.74. The molecule has 0 heterocycles. The minimum Gasteiger partial charge on any atom is -0.506 e. The first kappa shape index (κ1) is 39.5. The van der Waals surface area contributed by atoms with Crippen LogP contribution in [0.2, 0.25) is 0 Å². The predicted octanol–water partition coefficient (Wildman–Crippen LogP) is 10.5. The normalized spacial score (nSPS) is 26.4. The van der Waals surface area contributed by atoms with E-state index in [0.29, 0.717) is 25.7 Å². The molecule has 2 fully saturated rings. The fourth-order valence-corrected chi connectivity index (χ4v) is 8.00. The number of phenolic OH excluding ortho intramolecular Hbond substituents is 2. The molecular formula is C43H58O6. The molecule has 266 valence electrons. The summed E-state index contributed by atoms with van der Waals surface area (Å²) in [6.07, 6.45) is 11.2. The third-order valence-corrected chi connectivity index (χ3v) is 11.0. The lowest BCUT2D eigenvalue weighted by Crippen LogP contribution is -2.70. The fourth-order valence-electron chi connectivity index (χ4n) is 8.00. The largest absolute Gasteiger partial charge is 0.506 e. The molecule has 6 heteroatoms. The van der Waals surface area contributed by atoms with E-state index in [9.17, 15) is 15.3 Å². The Morgan fingerprint density at radius 3 is 1.98 bits per heavy atom. The van der Waals surface area contributed by atoms with Gasteiger partial charge in [0.2, 0.25) is 0 Å². The molecule has 0 aliphatic heterocycles. The molecule has 2 aliphatic carbocycles. The molecule has 3 rings (SSSR count). The molecule has 0 saturated heterocycles. The van der Waals surface area contributed by atoms with Gasteiger partial charge in [-0.3, -0.25) is 14.4 Å². The second-order valence-corrected chi connectivity index (χ2v) is 15.8. The van der Waals surface area contributed by atoms with Gasteiger partial charge in [0, 0.05) is 5.56 Å². The lowest BCUT2D eigenvalue weighted by Gasteiger charge is -2.62. The van der Waals surface area contributed by atoms with Gasteiger partial charge in [-0.1, -0.05) is 65.7 Å². The van der Waals surface area contributed by atoms with Crippen LogP contribution < -0.4 is 0 Å². The number of phenols is 2. The number of carbonyl (C=O) groups is 3. The molecule has 5 atom stereocenters. The van der Waals surface area contributed by atoms with Gasteiger partial charge < -0.3 is 15.3 Å². The number of rotatable bonds is 13. The summed E-state index contributed by atoms with van der Waals surface area (Å²) in [6, 6.07) is 3.70. The predicted molar refractivity (Wildman–Crippen MR) is 199 cm³/mol. The van der Waals surface area contributed by atoms with Crippen molar-refractivity contribution in [2.75, 3.05) is 0 Å². The number of fused-ring (bicyclic) bond motifs is 2. The van der Waals surface area contributed by atoms with Crippen LogP contribution in [0.1, 0.15) is 120 Å². The number of aromatic hydroxyl groups is 2. The second kappa shape index (κ2) is 15.3. The van der Waals surface area contributed by atoms with Gasteiger partial charge >= 0.3 is 0 Å². The van der Waals surface area contributed by atoms with Gasteiger partial charge in [-0.05, 0) is 143 Å². The molecule has 0 aromatic heterocycles. The van der Waals surface area contributed by atoms with Gasteiger partial charge in [0.1, 0.15) is 16.7 Å². The van der Waals surface area contributed by atoms with Crippen LogP contribution in [0.4, 0.5) is 0 Å². The minimum atomic E-state index is -1.65. The fraction of sp³-hybridized carbons (Fsp3) is 0.512. The Labute approximate surface area is 294 Å². The number of Topliss-reactive ketones (excluding diaryl/α,β-unsaturated/α-hetero) is 3. The van der Waals surface area contributed by atoms with Crippen molar-refractivity contribution in [3.05, 3.63) is 88.1 Å². The molecule has 1 aromatic carbocycles. The van der Waals surface area contributed by atoms with Crippen LogP contribution in [0.15, 0.2) is 82.5 Å². The molecule has 3 N–H and O–H groups in total. The number of ketones is 3. The molecule has 2 bridgehead atoms. The first-order valence-corrected chi connectivity index (χ1v) is 17.5. The van der Waals surface area contributed by atoms with Crippen molar-refractivity contribution >= 4 is 23.1 Å². The Balaban J connectivity index is 2.55. The zero-order valence-corrected chi connectivity index (χ0v) is 31.4. The van der Waals surface area contributed by atoms with E-state index in [1.807, 2.05) is 75.3 Å². The Kier molecular flexibility index (Phi) is 12.3. The summed E-state index contributed by atoms with van der Waals surface area (Å²) >= 11 is 0. The minimum absolute atomic E-state index is 0.0141. The average molecular weight is 671 g/mol. The van der Waals surface area contributed by atoms with E-state index in [4.69, 9.17) is 0 Å². The van der Waals surface area contributed by atoms with Crippen LogP contribution in [0.5, 0.6) is 11.5 Å². The van der Waals surface area contributed by atoms with Gasteiger partial charge in [0.05, 0.1) is 5.41 Å². The first-order valence-electron chi connectivity index (χ1n) is 17.5. The zero-order chi connectivity index (χ0) is 37.1. The SMILES string of the molecule is C=C(C)C(CC=C(C)C)C[C@]12C[C@H](CC=C(C)C)[C@@](C)(CCC=C(C)C)[C@](CC=C(C)C)(C(=O)/C(=C(\O)c3ccc(O)c(O)c3)C1=O)C2=O. The van der Waals surface area contributed by atoms with E-state index in [1.165, 1.54) is 12.1 Å². The van der Waals surface area contributed by atoms with Crippen LogP contribution in [0.25, 0.3) is 5.76 Å². The lowest BCUT2D eigenvalue weighted by molar-refractivity contribution is -0.180. The molecule has 0 spiro atoms. The molecule has 2 saturated carbocycles. The lowest BCUT2D eigenvalue weighted by atomic mass is 9.37. The second-order valence-electron chi connectivity index (χ2n) is 15.8. The van der Waals surface area contributed by atoms with Crippen molar-refractivity contribution in [2.24, 2.45) is 28.1 Å². The van der Waals surface area contributed by atoms with Crippen molar-refractivity contribution < 1.29 is 29.7 Å². The molecule has 1 unspecified atom stereocenters. The number of aliphatic hydroxyl groups is 1. The first-order chi connectivity index (χ1) is 22.7. The molecule has 6 nitrogen and oxygen atoms in total. The Hall–Kier alpha value is -3.93. The highest BCUT2D eigenvalue weighted by Crippen LogP contribution is 2.67. The van der Waals surface area contributed by atoms with E-state index in [0.717, 1.165) is 33.9 Å². The van der Waals surface area contributed by atoms with Gasteiger partial charge in [-0.2, -0.15) is 0 Å². The highest BCUT2D eigenvalue weighted by molar-refractivity contribution is 6.41. The van der Waals surface area contributed by atoms with Crippen molar-refractivity contribution in [1.82, 2.24) is 0 Å². The summed E-state index contributed by atoms with van der Waals surface area (Å²) < 4.78 is 0. The molecule has 2 aliphatic rings. The third-order valence-electron chi connectivity index (χ3n) is 11.0. The van der Waals surface area contributed by atoms with Crippen LogP contribution in [0, 0.1) is 28.1 Å². The van der Waals surface area contributed by atoms with Crippen molar-refractivity contribution in [2.45, 2.75) is 114 Å². The van der Waals surface area contributed by atoms with Crippen LogP contribution in [-0.4, -0.2) is 32.7 Å². The Bertz CT molecular complexity index is 1650.